The molecule has 2 N–H and O–H groups in total. The summed E-state index contributed by atoms with van der Waals surface area (Å²) in [5.41, 5.74) is -0.496. The number of nitrogens with one attached hydrogen (secondary N) is 1. The Bertz CT molecular complexity index is 194. The van der Waals surface area contributed by atoms with Gasteiger partial charge in [0.05, 0.1) is 5.60 Å². The Morgan fingerprint density at radius 2 is 1.94 bits per heavy atom. The lowest BCUT2D eigenvalue weighted by atomic mass is 9.97. The molecule has 0 aromatic carbocycles. The van der Waals surface area contributed by atoms with Gasteiger partial charge >= 0.3 is 0 Å². The van der Waals surface area contributed by atoms with Gasteiger partial charge in [-0.2, -0.15) is 11.8 Å². The molecule has 1 aliphatic rings. The van der Waals surface area contributed by atoms with E-state index in [0.29, 0.717) is 6.04 Å². The molecule has 3 heteroatoms. The lowest BCUT2D eigenvalue weighted by Gasteiger charge is -2.29. The Kier molecular flexibility index (Phi) is 6.16. The molecule has 1 aliphatic carbocycles. The van der Waals surface area contributed by atoms with Gasteiger partial charge in [-0.3, -0.25) is 0 Å². The van der Waals surface area contributed by atoms with Crippen LogP contribution in [0.15, 0.2) is 0 Å². The fourth-order valence-corrected chi connectivity index (χ4v) is 3.62. The summed E-state index contributed by atoms with van der Waals surface area (Å²) in [7, 11) is 0. The highest BCUT2D eigenvalue weighted by Crippen LogP contribution is 2.30. The number of hydrogen-bond acceptors (Lipinski definition) is 3. The van der Waals surface area contributed by atoms with Crippen LogP contribution in [0.5, 0.6) is 0 Å². The van der Waals surface area contributed by atoms with E-state index < -0.39 is 5.60 Å². The fourth-order valence-electron chi connectivity index (χ4n) is 2.39. The molecule has 2 unspecified atom stereocenters. The Hall–Kier alpha value is 0.270. The highest BCUT2D eigenvalue weighted by molar-refractivity contribution is 7.99. The van der Waals surface area contributed by atoms with Crippen molar-refractivity contribution in [3.8, 4) is 0 Å². The van der Waals surface area contributed by atoms with Crippen molar-refractivity contribution >= 4 is 11.8 Å². The molecule has 0 aromatic heterocycles. The van der Waals surface area contributed by atoms with Gasteiger partial charge in [0, 0.05) is 17.8 Å². The molecule has 0 heterocycles. The minimum Gasteiger partial charge on any atom is -0.389 e. The summed E-state index contributed by atoms with van der Waals surface area (Å²) in [6, 6.07) is 0.620. The summed E-state index contributed by atoms with van der Waals surface area (Å²) in [5, 5.41) is 14.6. The first-order chi connectivity index (χ1) is 7.65. The van der Waals surface area contributed by atoms with Crippen LogP contribution in [0.3, 0.4) is 0 Å². The predicted molar refractivity (Wildman–Crippen MR) is 73.1 cm³/mol. The highest BCUT2D eigenvalue weighted by atomic mass is 32.2. The van der Waals surface area contributed by atoms with E-state index in [1.54, 1.807) is 0 Å². The van der Waals surface area contributed by atoms with Crippen LogP contribution in [0.25, 0.3) is 0 Å². The fraction of sp³-hybridized carbons (Fsp3) is 1.00. The Morgan fingerprint density at radius 1 is 1.25 bits per heavy atom. The molecule has 0 bridgehead atoms. The molecule has 2 nitrogen and oxygen atoms in total. The van der Waals surface area contributed by atoms with Crippen molar-refractivity contribution in [2.24, 2.45) is 0 Å². The second-order valence-electron chi connectivity index (χ2n) is 4.84. The Balaban J connectivity index is 2.36. The average Bonchev–Trinajstić information content (AvgIpc) is 2.74. The largest absolute Gasteiger partial charge is 0.389 e. The second-order valence-corrected chi connectivity index (χ2v) is 6.36. The summed E-state index contributed by atoms with van der Waals surface area (Å²) < 4.78 is 0. The van der Waals surface area contributed by atoms with Crippen molar-refractivity contribution in [3.05, 3.63) is 0 Å². The van der Waals surface area contributed by atoms with E-state index in [0.717, 1.165) is 24.6 Å². The third-order valence-corrected chi connectivity index (χ3v) is 5.17. The van der Waals surface area contributed by atoms with Gasteiger partial charge in [0.1, 0.15) is 0 Å². The monoisotopic (exact) mass is 245 g/mol. The topological polar surface area (TPSA) is 32.3 Å². The van der Waals surface area contributed by atoms with Crippen LogP contribution < -0.4 is 5.32 Å². The van der Waals surface area contributed by atoms with Gasteiger partial charge in [-0.1, -0.05) is 27.2 Å². The van der Waals surface area contributed by atoms with Gasteiger partial charge in [0.25, 0.3) is 0 Å². The number of aliphatic hydroxyl groups is 1. The van der Waals surface area contributed by atoms with Gasteiger partial charge in [-0.05, 0) is 31.4 Å². The smallest absolute Gasteiger partial charge is 0.0766 e. The highest BCUT2D eigenvalue weighted by Gasteiger charge is 2.29. The van der Waals surface area contributed by atoms with Crippen molar-refractivity contribution < 1.29 is 5.11 Å². The molecule has 0 aliphatic heterocycles. The summed E-state index contributed by atoms with van der Waals surface area (Å²) in [5.74, 6) is 1.20. The van der Waals surface area contributed by atoms with Gasteiger partial charge < -0.3 is 10.4 Å². The Morgan fingerprint density at radius 3 is 2.50 bits per heavy atom. The van der Waals surface area contributed by atoms with Crippen molar-refractivity contribution in [2.75, 3.05) is 12.3 Å². The van der Waals surface area contributed by atoms with Crippen LogP contribution in [0.2, 0.25) is 0 Å². The van der Waals surface area contributed by atoms with E-state index in [1.807, 2.05) is 0 Å². The second kappa shape index (κ2) is 6.87. The maximum absolute atomic E-state index is 10.2. The van der Waals surface area contributed by atoms with E-state index in [9.17, 15) is 5.11 Å². The van der Waals surface area contributed by atoms with Gasteiger partial charge in [-0.15, -0.1) is 0 Å². The summed E-state index contributed by atoms with van der Waals surface area (Å²) in [4.78, 5) is 0. The molecule has 0 aromatic rings. The SMILES string of the molecule is CCSC1CCCC1NCC(O)(CC)CC. The molecule has 96 valence electrons. The third-order valence-electron chi connectivity index (χ3n) is 3.84. The van der Waals surface area contributed by atoms with E-state index >= 15 is 0 Å². The molecule has 0 saturated heterocycles. The summed E-state index contributed by atoms with van der Waals surface area (Å²) in [6.07, 6.45) is 5.64. The standard InChI is InChI=1S/C13H27NOS/c1-4-13(15,5-2)10-14-11-8-7-9-12(11)16-6-3/h11-12,14-15H,4-10H2,1-3H3. The van der Waals surface area contributed by atoms with E-state index in [4.69, 9.17) is 0 Å². The van der Waals surface area contributed by atoms with Crippen molar-refractivity contribution in [1.82, 2.24) is 5.32 Å². The molecule has 0 amide bonds. The molecule has 0 radical (unpaired) electrons. The van der Waals surface area contributed by atoms with E-state index in [1.165, 1.54) is 25.0 Å². The minimum atomic E-state index is -0.496. The zero-order valence-electron chi connectivity index (χ0n) is 11.0. The van der Waals surface area contributed by atoms with Crippen molar-refractivity contribution in [3.63, 3.8) is 0 Å². The summed E-state index contributed by atoms with van der Waals surface area (Å²) >= 11 is 2.07. The van der Waals surface area contributed by atoms with Crippen LogP contribution in [-0.4, -0.2) is 34.3 Å². The van der Waals surface area contributed by atoms with Crippen LogP contribution >= 0.6 is 11.8 Å². The lowest BCUT2D eigenvalue weighted by molar-refractivity contribution is 0.0302. The molecular weight excluding hydrogens is 218 g/mol. The van der Waals surface area contributed by atoms with Crippen LogP contribution in [0, 0.1) is 0 Å². The lowest BCUT2D eigenvalue weighted by Crippen LogP contribution is -2.45. The van der Waals surface area contributed by atoms with E-state index in [-0.39, 0.29) is 0 Å². The average molecular weight is 245 g/mol. The van der Waals surface area contributed by atoms with Gasteiger partial charge in [0.2, 0.25) is 0 Å². The molecule has 1 fully saturated rings. The predicted octanol–water partition coefficient (Wildman–Crippen LogP) is 2.80. The number of hydrogen-bond donors (Lipinski definition) is 2. The third kappa shape index (κ3) is 3.94. The van der Waals surface area contributed by atoms with Crippen molar-refractivity contribution in [2.45, 2.75) is 69.8 Å². The van der Waals surface area contributed by atoms with Crippen molar-refractivity contribution in [1.29, 1.82) is 0 Å². The first-order valence-electron chi connectivity index (χ1n) is 6.72. The zero-order valence-corrected chi connectivity index (χ0v) is 11.8. The van der Waals surface area contributed by atoms with Gasteiger partial charge in [-0.25, -0.2) is 0 Å². The van der Waals surface area contributed by atoms with Crippen LogP contribution in [0.1, 0.15) is 52.9 Å². The molecule has 1 saturated carbocycles. The normalized spacial score (nSPS) is 26.2. The summed E-state index contributed by atoms with van der Waals surface area (Å²) in [6.45, 7) is 7.12. The maximum Gasteiger partial charge on any atom is 0.0766 e. The number of rotatable bonds is 7. The quantitative estimate of drug-likeness (QED) is 0.723. The van der Waals surface area contributed by atoms with E-state index in [2.05, 4.69) is 37.8 Å². The first kappa shape index (κ1) is 14.3. The van der Waals surface area contributed by atoms with Crippen LogP contribution in [0.4, 0.5) is 0 Å². The zero-order chi connectivity index (χ0) is 12.0. The van der Waals surface area contributed by atoms with Crippen LogP contribution in [-0.2, 0) is 0 Å². The molecule has 1 rings (SSSR count). The van der Waals surface area contributed by atoms with Gasteiger partial charge in [0.15, 0.2) is 0 Å². The maximum atomic E-state index is 10.2. The molecule has 2 atom stereocenters. The first-order valence-corrected chi connectivity index (χ1v) is 7.77. The molecule has 16 heavy (non-hydrogen) atoms. The minimum absolute atomic E-state index is 0.496. The molecule has 0 spiro atoms. The Labute approximate surface area is 105 Å². The number of thioether (sulfide) groups is 1. The molecular formula is C13H27NOS.